The molecule has 4 aromatic carbocycles. The summed E-state index contributed by atoms with van der Waals surface area (Å²) >= 11 is 6.11. The van der Waals surface area contributed by atoms with Crippen molar-refractivity contribution >= 4 is 39.1 Å². The molecule has 2 amide bonds. The van der Waals surface area contributed by atoms with Gasteiger partial charge in [0, 0.05) is 23.5 Å². The summed E-state index contributed by atoms with van der Waals surface area (Å²) in [7, 11) is -4.57. The zero-order valence-corrected chi connectivity index (χ0v) is 28.5. The third kappa shape index (κ3) is 9.60. The summed E-state index contributed by atoms with van der Waals surface area (Å²) in [5, 5.41) is 3.38. The van der Waals surface area contributed by atoms with E-state index in [1.165, 1.54) is 23.1 Å². The average molecular weight is 700 g/mol. The summed E-state index contributed by atoms with van der Waals surface area (Å²) in [5.41, 5.74) is -0.0212. The van der Waals surface area contributed by atoms with Crippen molar-refractivity contribution < 1.29 is 31.2 Å². The van der Waals surface area contributed by atoms with Gasteiger partial charge in [-0.1, -0.05) is 77.8 Å². The predicted octanol–water partition coefficient (Wildman–Crippen LogP) is 7.42. The summed E-state index contributed by atoms with van der Waals surface area (Å²) < 4.78 is 70.3. The largest absolute Gasteiger partial charge is 0.416 e. The van der Waals surface area contributed by atoms with Gasteiger partial charge in [0.25, 0.3) is 10.0 Å². The fraction of sp³-hybridized carbons (Fsp3) is 0.278. The molecule has 12 heteroatoms. The van der Waals surface area contributed by atoms with Crippen molar-refractivity contribution in [1.29, 1.82) is 0 Å². The van der Waals surface area contributed by atoms with Crippen LogP contribution in [0, 0.1) is 6.92 Å². The standard InChI is InChI=1S/C36H37ClF3N3O4S/c1-25-13-19-31(20-14-25)48(46,47)43(30-12-8-11-28(22-30)36(38,39)40)24-33(44)42(23-27-15-17-29(37)18-16-27)32(34(45)41-35(2,3)4)21-26-9-6-5-7-10-26/h5-20,22,32H,21,23-24H2,1-4H3,(H,41,45). The highest BCUT2D eigenvalue weighted by Crippen LogP contribution is 2.33. The van der Waals surface area contributed by atoms with Crippen LogP contribution in [0.15, 0.2) is 108 Å². The molecule has 0 saturated heterocycles. The molecule has 4 rings (SSSR count). The van der Waals surface area contributed by atoms with Crippen LogP contribution >= 0.6 is 11.6 Å². The Bertz CT molecular complexity index is 1830. The van der Waals surface area contributed by atoms with Crippen molar-refractivity contribution in [3.8, 4) is 0 Å². The number of nitrogens with zero attached hydrogens (tertiary/aromatic N) is 2. The van der Waals surface area contributed by atoms with Crippen LogP contribution in [0.4, 0.5) is 18.9 Å². The molecule has 0 bridgehead atoms. The molecule has 0 heterocycles. The van der Waals surface area contributed by atoms with E-state index in [9.17, 15) is 31.2 Å². The maximum atomic E-state index is 14.5. The Balaban J connectivity index is 1.85. The van der Waals surface area contributed by atoms with Gasteiger partial charge >= 0.3 is 6.18 Å². The van der Waals surface area contributed by atoms with Crippen LogP contribution in [0.3, 0.4) is 0 Å². The van der Waals surface area contributed by atoms with Crippen LogP contribution in [0.5, 0.6) is 0 Å². The summed E-state index contributed by atoms with van der Waals surface area (Å²) in [5.74, 6) is -1.29. The second-order valence-electron chi connectivity index (χ2n) is 12.5. The van der Waals surface area contributed by atoms with Gasteiger partial charge in [-0.3, -0.25) is 13.9 Å². The van der Waals surface area contributed by atoms with Crippen LogP contribution in [-0.2, 0) is 38.8 Å². The number of sulfonamides is 1. The number of amides is 2. The molecular formula is C36H37ClF3N3O4S. The molecule has 0 aromatic heterocycles. The monoisotopic (exact) mass is 699 g/mol. The molecule has 1 unspecified atom stereocenters. The minimum absolute atomic E-state index is 0.0797. The smallest absolute Gasteiger partial charge is 0.350 e. The first-order valence-electron chi connectivity index (χ1n) is 15.1. The number of halogens is 4. The molecule has 1 N–H and O–H groups in total. The van der Waals surface area contributed by atoms with Crippen LogP contribution in [0.2, 0.25) is 5.02 Å². The second kappa shape index (κ2) is 14.8. The maximum Gasteiger partial charge on any atom is 0.416 e. The van der Waals surface area contributed by atoms with Crippen molar-refractivity contribution in [3.63, 3.8) is 0 Å². The Hall–Kier alpha value is -4.35. The van der Waals surface area contributed by atoms with E-state index in [2.05, 4.69) is 5.32 Å². The molecule has 0 aliphatic carbocycles. The quantitative estimate of drug-likeness (QED) is 0.177. The highest BCUT2D eigenvalue weighted by molar-refractivity contribution is 7.92. The Morgan fingerprint density at radius 1 is 0.833 bits per heavy atom. The van der Waals surface area contributed by atoms with Crippen LogP contribution < -0.4 is 9.62 Å². The van der Waals surface area contributed by atoms with E-state index in [1.807, 2.05) is 6.07 Å². The Kier molecular flexibility index (Phi) is 11.3. The molecule has 4 aromatic rings. The van der Waals surface area contributed by atoms with E-state index >= 15 is 0 Å². The van der Waals surface area contributed by atoms with E-state index in [-0.39, 0.29) is 23.5 Å². The van der Waals surface area contributed by atoms with Gasteiger partial charge in [0.1, 0.15) is 12.6 Å². The molecule has 0 fully saturated rings. The molecule has 0 spiro atoms. The molecule has 254 valence electrons. The van der Waals surface area contributed by atoms with Crippen molar-refractivity contribution in [1.82, 2.24) is 10.2 Å². The van der Waals surface area contributed by atoms with E-state index in [0.717, 1.165) is 23.3 Å². The van der Waals surface area contributed by atoms with Crippen molar-refractivity contribution in [2.45, 2.75) is 63.3 Å². The van der Waals surface area contributed by atoms with E-state index in [1.54, 1.807) is 88.4 Å². The summed E-state index contributed by atoms with van der Waals surface area (Å²) in [6.45, 7) is 6.12. The van der Waals surface area contributed by atoms with E-state index in [4.69, 9.17) is 11.6 Å². The number of carbonyl (C=O) groups excluding carboxylic acids is 2. The fourth-order valence-electron chi connectivity index (χ4n) is 5.00. The number of hydrogen-bond acceptors (Lipinski definition) is 4. The van der Waals surface area contributed by atoms with Crippen LogP contribution in [0.25, 0.3) is 0 Å². The normalized spacial score (nSPS) is 12.7. The molecular weight excluding hydrogens is 663 g/mol. The highest BCUT2D eigenvalue weighted by Gasteiger charge is 2.37. The molecule has 48 heavy (non-hydrogen) atoms. The topological polar surface area (TPSA) is 86.8 Å². The molecule has 0 saturated carbocycles. The zero-order valence-electron chi connectivity index (χ0n) is 27.0. The van der Waals surface area contributed by atoms with Crippen molar-refractivity contribution in [3.05, 3.63) is 130 Å². The third-order valence-corrected chi connectivity index (χ3v) is 9.42. The number of anilines is 1. The lowest BCUT2D eigenvalue weighted by Crippen LogP contribution is -2.56. The Labute approximate surface area is 284 Å². The number of aryl methyl sites for hydroxylation is 1. The van der Waals surface area contributed by atoms with Gasteiger partial charge in [-0.2, -0.15) is 13.2 Å². The number of alkyl halides is 3. The van der Waals surface area contributed by atoms with E-state index in [0.29, 0.717) is 21.0 Å². The lowest BCUT2D eigenvalue weighted by Gasteiger charge is -2.35. The zero-order chi connectivity index (χ0) is 35.3. The van der Waals surface area contributed by atoms with Gasteiger partial charge in [-0.05, 0) is 81.3 Å². The molecule has 0 aliphatic rings. The highest BCUT2D eigenvalue weighted by atomic mass is 35.5. The van der Waals surface area contributed by atoms with Gasteiger partial charge in [0.15, 0.2) is 0 Å². The van der Waals surface area contributed by atoms with Gasteiger partial charge in [0.2, 0.25) is 11.8 Å². The minimum Gasteiger partial charge on any atom is -0.350 e. The molecule has 0 radical (unpaired) electrons. The van der Waals surface area contributed by atoms with Gasteiger partial charge in [-0.25, -0.2) is 8.42 Å². The molecule has 1 atom stereocenters. The summed E-state index contributed by atoms with van der Waals surface area (Å²) in [6, 6.07) is 24.1. The Morgan fingerprint density at radius 2 is 1.46 bits per heavy atom. The van der Waals surface area contributed by atoms with E-state index < -0.39 is 51.7 Å². The lowest BCUT2D eigenvalue weighted by atomic mass is 10.0. The summed E-state index contributed by atoms with van der Waals surface area (Å²) in [6.07, 6.45) is -4.69. The number of rotatable bonds is 11. The number of carbonyl (C=O) groups is 2. The van der Waals surface area contributed by atoms with Gasteiger partial charge < -0.3 is 10.2 Å². The first-order chi connectivity index (χ1) is 22.4. The number of benzene rings is 4. The predicted molar refractivity (Wildman–Crippen MR) is 181 cm³/mol. The van der Waals surface area contributed by atoms with Gasteiger partial charge in [-0.15, -0.1) is 0 Å². The van der Waals surface area contributed by atoms with Crippen LogP contribution in [-0.4, -0.2) is 43.3 Å². The second-order valence-corrected chi connectivity index (χ2v) is 14.8. The molecule has 0 aliphatic heterocycles. The summed E-state index contributed by atoms with van der Waals surface area (Å²) in [4.78, 5) is 29.5. The van der Waals surface area contributed by atoms with Gasteiger partial charge in [0.05, 0.1) is 16.1 Å². The van der Waals surface area contributed by atoms with Crippen molar-refractivity contribution in [2.75, 3.05) is 10.8 Å². The maximum absolute atomic E-state index is 14.5. The first kappa shape index (κ1) is 36.5. The Morgan fingerprint density at radius 3 is 2.04 bits per heavy atom. The fourth-order valence-corrected chi connectivity index (χ4v) is 6.53. The first-order valence-corrected chi connectivity index (χ1v) is 16.9. The number of nitrogens with one attached hydrogen (secondary N) is 1. The third-order valence-electron chi connectivity index (χ3n) is 7.38. The molecule has 7 nitrogen and oxygen atoms in total. The number of hydrogen-bond donors (Lipinski definition) is 1. The van der Waals surface area contributed by atoms with Crippen LogP contribution in [0.1, 0.15) is 43.0 Å². The van der Waals surface area contributed by atoms with Crippen molar-refractivity contribution in [2.24, 2.45) is 0 Å². The SMILES string of the molecule is Cc1ccc(S(=O)(=O)N(CC(=O)N(Cc2ccc(Cl)cc2)C(Cc2ccccc2)C(=O)NC(C)(C)C)c2cccc(C(F)(F)F)c2)cc1. The average Bonchev–Trinajstić information content (AvgIpc) is 3.01. The lowest BCUT2D eigenvalue weighted by molar-refractivity contribution is -0.140. The minimum atomic E-state index is -4.77.